The first-order chi connectivity index (χ1) is 57.7. The molecule has 672 valence electrons. The van der Waals surface area contributed by atoms with Crippen molar-refractivity contribution < 1.29 is 93.3 Å². The number of carbonyl (C=O) groups excluding carboxylic acids is 1. The Morgan fingerprint density at radius 3 is 0.984 bits per heavy atom. The van der Waals surface area contributed by atoms with E-state index in [1.54, 1.807) is 42.5 Å². The fourth-order valence-electron chi connectivity index (χ4n) is 28.7. The summed E-state index contributed by atoms with van der Waals surface area (Å²) in [5.41, 5.74) is 10.9. The molecule has 0 aliphatic heterocycles. The fraction of sp³-hybridized carbons (Fsp3) is 0.641. The van der Waals surface area contributed by atoms with Crippen molar-refractivity contribution in [2.75, 3.05) is 0 Å². The summed E-state index contributed by atoms with van der Waals surface area (Å²) in [7, 11) is -20.0. The molecule has 10 fully saturated rings. The Morgan fingerprint density at radius 1 is 0.350 bits per heavy atom. The van der Waals surface area contributed by atoms with E-state index in [2.05, 4.69) is 40.5 Å². The molecule has 0 spiro atoms. The molecule has 0 radical (unpaired) electrons. The maximum atomic E-state index is 12.3. The van der Waals surface area contributed by atoms with Crippen molar-refractivity contribution in [3.8, 4) is 41.1 Å². The van der Waals surface area contributed by atoms with Gasteiger partial charge in [0, 0.05) is 17.3 Å². The molecule has 15 N–H and O–H groups in total. The molecule has 31 heteroatoms. The number of aliphatic hydroxyl groups is 5. The lowest BCUT2D eigenvalue weighted by atomic mass is 9.53. The van der Waals surface area contributed by atoms with Crippen LogP contribution >= 0.6 is 0 Å². The third kappa shape index (κ3) is 17.3. The molecule has 0 saturated heterocycles. The van der Waals surface area contributed by atoms with Crippen molar-refractivity contribution in [1.82, 2.24) is 0 Å². The van der Waals surface area contributed by atoms with Crippen LogP contribution in [0.2, 0.25) is 0 Å². The van der Waals surface area contributed by atoms with Gasteiger partial charge in [0.2, 0.25) is 0 Å². The Morgan fingerprint density at radius 2 is 0.650 bits per heavy atom. The molecule has 10 saturated carbocycles. The molecule has 15 aliphatic rings. The number of aryl methyl sites for hydroxylation is 5. The van der Waals surface area contributed by atoms with E-state index in [0.29, 0.717) is 119 Å². The number of carbonyl (C=O) groups is 1. The lowest BCUT2D eigenvalue weighted by molar-refractivity contribution is -0.129. The van der Waals surface area contributed by atoms with E-state index < -0.39 is 69.3 Å². The smallest absolute Gasteiger partial charge is 0.380 e. The summed E-state index contributed by atoms with van der Waals surface area (Å²) in [6, 6.07) is 27.5. The van der Waals surface area contributed by atoms with Gasteiger partial charge in [-0.3, -0.25) is 4.79 Å². The van der Waals surface area contributed by atoms with E-state index in [1.165, 1.54) is 38.9 Å². The molecule has 25 atom stereocenters. The number of fused-ring (bicyclic) bond motifs is 25. The second-order valence-electron chi connectivity index (χ2n) is 40.2. The highest BCUT2D eigenvalue weighted by molar-refractivity contribution is 7.85. The van der Waals surface area contributed by atoms with Crippen molar-refractivity contribution in [1.29, 1.82) is 0 Å². The molecule has 26 nitrogen and oxygen atoms in total. The average molecular weight is 1800 g/mol. The van der Waals surface area contributed by atoms with Crippen LogP contribution in [0.5, 0.6) is 28.7 Å². The molecular weight excluding hydrogens is 1670 g/mol. The fourth-order valence-corrected chi connectivity index (χ4v) is 30.5. The molecule has 5 aromatic carbocycles. The number of ketones is 1. The number of hydrogen-bond donors (Lipinski definition) is 10. The maximum absolute atomic E-state index is 12.3. The normalized spacial score (nSPS) is 38.0. The van der Waals surface area contributed by atoms with Crippen LogP contribution in [-0.2, 0) is 88.4 Å². The van der Waals surface area contributed by atoms with Crippen molar-refractivity contribution in [3.05, 3.63) is 147 Å². The average Bonchev–Trinajstić information content (AvgIpc) is 1.60. The number of hydrogen-bond acceptors (Lipinski definition) is 21. The molecule has 0 heterocycles. The minimum atomic E-state index is -4.01. The molecular formula is C92H123N5O21S5. The molecule has 0 aromatic heterocycles. The molecule has 0 bridgehead atoms. The number of Topliss-reactive ketones (excluding diaryl/α,β-unsaturated/α-hetero) is 1. The summed E-state index contributed by atoms with van der Waals surface area (Å²) in [6.07, 6.45) is 32.2. The zero-order valence-corrected chi connectivity index (χ0v) is 75.0. The lowest BCUT2D eigenvalue weighted by Crippen LogP contribution is -2.50. The van der Waals surface area contributed by atoms with Crippen LogP contribution in [0.4, 0.5) is 0 Å². The van der Waals surface area contributed by atoms with E-state index in [1.807, 2.05) is 48.5 Å². The van der Waals surface area contributed by atoms with Gasteiger partial charge in [-0.15, -0.1) is 6.42 Å². The van der Waals surface area contributed by atoms with Crippen LogP contribution in [0.3, 0.4) is 0 Å². The van der Waals surface area contributed by atoms with Gasteiger partial charge < -0.3 is 46.4 Å². The third-order valence-corrected chi connectivity index (χ3v) is 36.6. The van der Waals surface area contributed by atoms with Gasteiger partial charge in [-0.05, 0) is 401 Å². The summed E-state index contributed by atoms with van der Waals surface area (Å²) in [6.45, 7) is 11.0. The highest BCUT2D eigenvalue weighted by atomic mass is 32.3. The van der Waals surface area contributed by atoms with Crippen LogP contribution in [0.15, 0.2) is 91.0 Å². The second-order valence-corrected chi connectivity index (χ2v) is 46.0. The van der Waals surface area contributed by atoms with Crippen molar-refractivity contribution in [2.45, 2.75) is 280 Å². The number of rotatable bonds is 10. The minimum absolute atomic E-state index is 0.0787. The number of terminal acetylenes is 1. The van der Waals surface area contributed by atoms with Crippen LogP contribution in [0, 0.1) is 98.6 Å². The third-order valence-electron chi connectivity index (χ3n) is 34.5. The Labute approximate surface area is 725 Å². The van der Waals surface area contributed by atoms with E-state index >= 15 is 0 Å². The largest absolute Gasteiger partial charge is 0.393 e. The molecule has 15 aliphatic carbocycles. The van der Waals surface area contributed by atoms with E-state index in [4.69, 9.17) is 53.0 Å². The van der Waals surface area contributed by atoms with Gasteiger partial charge >= 0.3 is 51.5 Å². The van der Waals surface area contributed by atoms with Crippen LogP contribution in [-0.4, -0.2) is 103 Å². The molecule has 123 heavy (non-hydrogen) atoms. The van der Waals surface area contributed by atoms with E-state index in [-0.39, 0.29) is 56.5 Å². The van der Waals surface area contributed by atoms with Gasteiger partial charge in [-0.2, -0.15) is 67.8 Å². The zero-order valence-electron chi connectivity index (χ0n) is 70.9. The first-order valence-corrected chi connectivity index (χ1v) is 51.8. The van der Waals surface area contributed by atoms with E-state index in [9.17, 15) is 72.4 Å². The molecule has 0 unspecified atom stereocenters. The summed E-state index contributed by atoms with van der Waals surface area (Å²) in [4.78, 5) is 12.3. The predicted octanol–water partition coefficient (Wildman–Crippen LogP) is 11.6. The highest BCUT2D eigenvalue weighted by Crippen LogP contribution is 2.68. The minimum Gasteiger partial charge on any atom is -0.393 e. The van der Waals surface area contributed by atoms with Crippen molar-refractivity contribution in [2.24, 2.45) is 112 Å². The first-order valence-electron chi connectivity index (χ1n) is 44.4. The number of benzene rings is 5. The van der Waals surface area contributed by atoms with Gasteiger partial charge in [0.25, 0.3) is 0 Å². The van der Waals surface area contributed by atoms with E-state index in [0.717, 1.165) is 190 Å². The Bertz CT molecular complexity index is 5450. The number of nitrogens with two attached hydrogens (primary N) is 5. The van der Waals surface area contributed by atoms with Gasteiger partial charge in [-0.25, -0.2) is 0 Å². The Hall–Kier alpha value is -6.32. The zero-order chi connectivity index (χ0) is 88.1. The molecule has 0 amide bonds. The van der Waals surface area contributed by atoms with Gasteiger partial charge in [0.15, 0.2) is 0 Å². The second kappa shape index (κ2) is 33.0. The number of aliphatic hydroxyl groups excluding tert-OH is 4. The van der Waals surface area contributed by atoms with Crippen LogP contribution in [0.25, 0.3) is 0 Å². The maximum Gasteiger partial charge on any atom is 0.380 e. The highest BCUT2D eigenvalue weighted by Gasteiger charge is 2.63. The van der Waals surface area contributed by atoms with Crippen molar-refractivity contribution >= 4 is 57.3 Å². The molecule has 5 aromatic rings. The van der Waals surface area contributed by atoms with Crippen molar-refractivity contribution in [3.63, 3.8) is 0 Å². The summed E-state index contributed by atoms with van der Waals surface area (Å²) in [5.74, 6) is 12.1. The van der Waals surface area contributed by atoms with Gasteiger partial charge in [0.1, 0.15) is 40.1 Å². The quantitative estimate of drug-likeness (QED) is 0.0581. The standard InChI is InChI=1S/C20H25NO4S.C18H25NO5S.2C18H25NO4S.C18H23NO4S/c1-3-20(22)11-9-18-17-6-4-13-12-14(25-26(21,23)24)5-7-15(13)16(17)8-10-19(18,20)2;1-18-7-6-13-12-5-3-11(24-25(19,22)23)8-10(12)2-4-14(13)15(18)9-16(20)17(18)21;3*1-18-9-8-14-13-5-3-12(23-24(19,21)22)10-11(13)2-4-15(14)16(18)6-7-17(18)20/h1,5,7,12,16-18,22H,4,6,8-11H2,2H3,(H2,21,23,24);3,5,8,13-17,20-21H,2,4,6-7,9H2,1H3,(H2,19,22,23);2*3,5,10,14-17,20H,2,4,6-9H2,1H3,(H2,19,21,22);3,5,10,14-16H,2,4,6-9H2,1H3,(H2,19,21,22)/t16-,17-,18+,19+,20-;13-,14-,15+,16-,17+,18+;14-,15-,16+,17+,18+;14-,15-,16+,17-,18+;14-,15-,16+,18+/m11111/s1. The van der Waals surface area contributed by atoms with Gasteiger partial charge in [-0.1, -0.05) is 70.9 Å². The van der Waals surface area contributed by atoms with Crippen LogP contribution in [0.1, 0.15) is 274 Å². The summed E-state index contributed by atoms with van der Waals surface area (Å²) >= 11 is 0. The Balaban J connectivity index is 0.000000114. The summed E-state index contributed by atoms with van der Waals surface area (Å²) < 4.78 is 135. The Kier molecular flexibility index (Phi) is 24.2. The molecule has 20 rings (SSSR count). The first kappa shape index (κ1) is 90.0. The summed E-state index contributed by atoms with van der Waals surface area (Å²) in [5, 5.41) is 77.3. The monoisotopic (exact) mass is 1790 g/mol. The predicted molar refractivity (Wildman–Crippen MR) is 462 cm³/mol. The topological polar surface area (TPSA) is 465 Å². The SMILES string of the molecule is C#C[C@@]1(O)CC[C@H]2[C@@H]3CCc4cc(OS(N)(=O)=O)ccc4[C@H]3CC[C@@]21C.C[C@]12CC[C@@H]3c4ccc(OS(N)(=O)=O)cc4CC[C@H]3[C@@H]1CCC2=O.C[C@]12CC[C@@H]3c4ccc(OS(N)(=O)=O)cc4CC[C@H]3[C@@H]1CC[C@@H]2O.C[C@]12CC[C@@H]3c4ccc(OS(N)(=O)=O)cc4CC[C@H]3[C@@H]1CC[C@H]2O.C[C@]12CC[C@@H]3c4ccc(OS(N)(=O)=O)cc4CC[C@H]3[C@@H]1C[C@@H](O)[C@@H]2O. The van der Waals surface area contributed by atoms with Gasteiger partial charge in [0.05, 0.1) is 24.4 Å². The lowest BCUT2D eigenvalue weighted by Gasteiger charge is -2.52. The van der Waals surface area contributed by atoms with Crippen LogP contribution < -0.4 is 46.6 Å².